The first-order valence-corrected chi connectivity index (χ1v) is 7.35. The Labute approximate surface area is 125 Å². The number of hydrogen-bond donors (Lipinski definition) is 2. The van der Waals surface area contributed by atoms with Crippen molar-refractivity contribution in [2.24, 2.45) is 5.10 Å². The van der Waals surface area contributed by atoms with Crippen LogP contribution in [0.3, 0.4) is 0 Å². The van der Waals surface area contributed by atoms with Gasteiger partial charge in [-0.1, -0.05) is 50.2 Å². The Morgan fingerprint density at radius 2 is 1.90 bits per heavy atom. The maximum atomic E-state index is 10.1. The van der Waals surface area contributed by atoms with Crippen molar-refractivity contribution in [2.75, 3.05) is 0 Å². The highest BCUT2D eigenvalue weighted by Crippen LogP contribution is 2.32. The van der Waals surface area contributed by atoms with E-state index in [4.69, 9.17) is 0 Å². The molecule has 0 amide bonds. The van der Waals surface area contributed by atoms with E-state index in [1.807, 2.05) is 24.3 Å². The molecule has 0 saturated carbocycles. The quantitative estimate of drug-likeness (QED) is 0.894. The zero-order chi connectivity index (χ0) is 14.8. The van der Waals surface area contributed by atoms with Gasteiger partial charge in [0.05, 0.1) is 11.8 Å². The van der Waals surface area contributed by atoms with E-state index in [1.54, 1.807) is 6.07 Å². The lowest BCUT2D eigenvalue weighted by molar-refractivity contribution is 0.455. The number of rotatable bonds is 3. The van der Waals surface area contributed by atoms with Gasteiger partial charge in [0.1, 0.15) is 5.75 Å². The molecule has 108 valence electrons. The van der Waals surface area contributed by atoms with Crippen molar-refractivity contribution in [2.45, 2.75) is 32.2 Å². The third-order valence-electron chi connectivity index (χ3n) is 3.95. The minimum absolute atomic E-state index is 0.0407. The fraction of sp³-hybridized carbons (Fsp3) is 0.278. The first-order valence-electron chi connectivity index (χ1n) is 7.35. The number of nitrogens with one attached hydrogen (secondary N) is 1. The van der Waals surface area contributed by atoms with Gasteiger partial charge in [-0.25, -0.2) is 0 Å². The second-order valence-corrected chi connectivity index (χ2v) is 5.78. The van der Waals surface area contributed by atoms with Gasteiger partial charge < -0.3 is 10.5 Å². The summed E-state index contributed by atoms with van der Waals surface area (Å²) < 4.78 is 0. The largest absolute Gasteiger partial charge is 0.508 e. The Morgan fingerprint density at radius 1 is 1.14 bits per heavy atom. The highest BCUT2D eigenvalue weighted by atomic mass is 16.3. The first kappa shape index (κ1) is 13.7. The molecule has 3 heteroatoms. The molecule has 1 aliphatic rings. The first-order chi connectivity index (χ1) is 10.1. The average Bonchev–Trinajstić information content (AvgIpc) is 2.98. The third-order valence-corrected chi connectivity index (χ3v) is 3.95. The molecule has 0 aromatic heterocycles. The van der Waals surface area contributed by atoms with E-state index >= 15 is 0 Å². The summed E-state index contributed by atoms with van der Waals surface area (Å²) in [6, 6.07) is 16.1. The molecule has 0 spiro atoms. The third kappa shape index (κ3) is 2.77. The SMILES string of the molecule is CC(C)c1ccc(O)c(C2CC(c3ccccc3)=NN2)c1. The molecule has 2 aromatic rings. The summed E-state index contributed by atoms with van der Waals surface area (Å²) in [5, 5.41) is 14.6. The van der Waals surface area contributed by atoms with Crippen LogP contribution in [-0.4, -0.2) is 10.8 Å². The van der Waals surface area contributed by atoms with Crippen molar-refractivity contribution in [3.63, 3.8) is 0 Å². The molecule has 0 aliphatic carbocycles. The minimum atomic E-state index is 0.0407. The monoisotopic (exact) mass is 280 g/mol. The van der Waals surface area contributed by atoms with Crippen LogP contribution in [-0.2, 0) is 0 Å². The van der Waals surface area contributed by atoms with Crippen LogP contribution in [0.25, 0.3) is 0 Å². The van der Waals surface area contributed by atoms with Crippen LogP contribution in [0.15, 0.2) is 53.6 Å². The summed E-state index contributed by atoms with van der Waals surface area (Å²) in [5.74, 6) is 0.779. The van der Waals surface area contributed by atoms with Gasteiger partial charge in [0.25, 0.3) is 0 Å². The molecule has 1 aliphatic heterocycles. The highest BCUT2D eigenvalue weighted by Gasteiger charge is 2.23. The Balaban J connectivity index is 1.83. The predicted molar refractivity (Wildman–Crippen MR) is 85.7 cm³/mol. The molecule has 1 unspecified atom stereocenters. The Morgan fingerprint density at radius 3 is 2.62 bits per heavy atom. The van der Waals surface area contributed by atoms with Crippen LogP contribution in [0.2, 0.25) is 0 Å². The number of nitrogens with zero attached hydrogens (tertiary/aromatic N) is 1. The van der Waals surface area contributed by atoms with Gasteiger partial charge in [0.2, 0.25) is 0 Å². The molecule has 2 aromatic carbocycles. The molecule has 21 heavy (non-hydrogen) atoms. The Bertz CT molecular complexity index is 662. The summed E-state index contributed by atoms with van der Waals surface area (Å²) in [5.41, 5.74) is 7.49. The summed E-state index contributed by atoms with van der Waals surface area (Å²) >= 11 is 0. The number of hydrazone groups is 1. The van der Waals surface area contributed by atoms with Crippen LogP contribution in [0.5, 0.6) is 5.75 Å². The van der Waals surface area contributed by atoms with Crippen LogP contribution < -0.4 is 5.43 Å². The van der Waals surface area contributed by atoms with Crippen LogP contribution in [0.1, 0.15) is 48.9 Å². The molecule has 0 radical (unpaired) electrons. The van der Waals surface area contributed by atoms with Gasteiger partial charge in [-0.2, -0.15) is 5.10 Å². The molecule has 1 atom stereocenters. The van der Waals surface area contributed by atoms with Gasteiger partial charge in [0, 0.05) is 12.0 Å². The van der Waals surface area contributed by atoms with Gasteiger partial charge in [-0.15, -0.1) is 0 Å². The molecule has 0 bridgehead atoms. The number of phenols is 1. The summed E-state index contributed by atoms with van der Waals surface area (Å²) in [7, 11) is 0. The molecule has 1 heterocycles. The van der Waals surface area contributed by atoms with Crippen molar-refractivity contribution in [1.82, 2.24) is 5.43 Å². The molecule has 3 rings (SSSR count). The zero-order valence-electron chi connectivity index (χ0n) is 12.4. The lowest BCUT2D eigenvalue weighted by Gasteiger charge is -2.15. The van der Waals surface area contributed by atoms with Crippen LogP contribution >= 0.6 is 0 Å². The summed E-state index contributed by atoms with van der Waals surface area (Å²) in [4.78, 5) is 0. The van der Waals surface area contributed by atoms with Crippen molar-refractivity contribution >= 4 is 5.71 Å². The lowest BCUT2D eigenvalue weighted by Crippen LogP contribution is -2.10. The molecular weight excluding hydrogens is 260 g/mol. The lowest BCUT2D eigenvalue weighted by atomic mass is 9.94. The number of aromatic hydroxyl groups is 1. The maximum Gasteiger partial charge on any atom is 0.120 e. The molecule has 0 fully saturated rings. The molecule has 3 nitrogen and oxygen atoms in total. The van der Waals surface area contributed by atoms with Crippen LogP contribution in [0, 0.1) is 0 Å². The van der Waals surface area contributed by atoms with Gasteiger partial charge >= 0.3 is 0 Å². The predicted octanol–water partition coefficient (Wildman–Crippen LogP) is 3.95. The molecule has 2 N–H and O–H groups in total. The maximum absolute atomic E-state index is 10.1. The van der Waals surface area contributed by atoms with Gasteiger partial charge in [-0.05, 0) is 29.2 Å². The molecule has 0 saturated heterocycles. The Kier molecular flexibility index (Phi) is 3.65. The topological polar surface area (TPSA) is 44.6 Å². The van der Waals surface area contributed by atoms with E-state index in [-0.39, 0.29) is 6.04 Å². The van der Waals surface area contributed by atoms with Crippen LogP contribution in [0.4, 0.5) is 0 Å². The van der Waals surface area contributed by atoms with E-state index < -0.39 is 0 Å². The summed E-state index contributed by atoms with van der Waals surface area (Å²) in [6.07, 6.45) is 0.791. The van der Waals surface area contributed by atoms with Crippen molar-refractivity contribution in [3.05, 3.63) is 65.2 Å². The van der Waals surface area contributed by atoms with E-state index in [0.29, 0.717) is 11.7 Å². The number of benzene rings is 2. The molecular formula is C18H20N2O. The summed E-state index contributed by atoms with van der Waals surface area (Å²) in [6.45, 7) is 4.31. The van der Waals surface area contributed by atoms with Gasteiger partial charge in [0.15, 0.2) is 0 Å². The average molecular weight is 280 g/mol. The number of hydrogen-bond acceptors (Lipinski definition) is 3. The van der Waals surface area contributed by atoms with Crippen molar-refractivity contribution in [1.29, 1.82) is 0 Å². The Hall–Kier alpha value is -2.29. The second kappa shape index (κ2) is 5.60. The zero-order valence-corrected chi connectivity index (χ0v) is 12.4. The number of phenolic OH excluding ortho intramolecular Hbond substituents is 1. The second-order valence-electron chi connectivity index (χ2n) is 5.78. The standard InChI is InChI=1S/C18H20N2O/c1-12(2)14-8-9-18(21)15(10-14)17-11-16(19-20-17)13-6-4-3-5-7-13/h3-10,12,17,20-21H,11H2,1-2H3. The van der Waals surface area contributed by atoms with E-state index in [1.165, 1.54) is 5.56 Å². The van der Waals surface area contributed by atoms with E-state index in [9.17, 15) is 5.11 Å². The smallest absolute Gasteiger partial charge is 0.120 e. The van der Waals surface area contributed by atoms with Gasteiger partial charge in [-0.3, -0.25) is 0 Å². The van der Waals surface area contributed by atoms with E-state index in [2.05, 4.69) is 42.6 Å². The van der Waals surface area contributed by atoms with Crippen molar-refractivity contribution < 1.29 is 5.11 Å². The fourth-order valence-corrected chi connectivity index (χ4v) is 2.64. The van der Waals surface area contributed by atoms with E-state index in [0.717, 1.165) is 23.3 Å². The minimum Gasteiger partial charge on any atom is -0.508 e. The van der Waals surface area contributed by atoms with Crippen molar-refractivity contribution in [3.8, 4) is 5.75 Å². The highest BCUT2D eigenvalue weighted by molar-refractivity contribution is 6.01. The fourth-order valence-electron chi connectivity index (χ4n) is 2.64. The normalized spacial score (nSPS) is 17.7.